The zero-order valence-corrected chi connectivity index (χ0v) is 13.4. The first-order valence-corrected chi connectivity index (χ1v) is 9.85. The first-order chi connectivity index (χ1) is 8.22. The van der Waals surface area contributed by atoms with Crippen LogP contribution in [0.3, 0.4) is 0 Å². The fraction of sp³-hybridized carbons (Fsp3) is 0.857. The van der Waals surface area contributed by atoms with Gasteiger partial charge in [-0.3, -0.25) is 0 Å². The summed E-state index contributed by atoms with van der Waals surface area (Å²) in [5.74, 6) is -0.533. The molecular formula is C14H26O3Si. The number of hydrogen-bond acceptors (Lipinski definition) is 3. The summed E-state index contributed by atoms with van der Waals surface area (Å²) in [6, 6.07) is 0. The molecule has 0 spiro atoms. The van der Waals surface area contributed by atoms with E-state index in [2.05, 4.69) is 46.9 Å². The van der Waals surface area contributed by atoms with Crippen LogP contribution in [-0.2, 0) is 13.9 Å². The van der Waals surface area contributed by atoms with E-state index in [-0.39, 0.29) is 17.1 Å². The van der Waals surface area contributed by atoms with E-state index in [1.54, 1.807) is 6.26 Å². The molecule has 2 rings (SSSR count). The number of rotatable bonds is 4. The molecule has 4 heteroatoms. The van der Waals surface area contributed by atoms with Gasteiger partial charge in [-0.25, -0.2) is 0 Å². The van der Waals surface area contributed by atoms with E-state index in [9.17, 15) is 0 Å². The minimum Gasteiger partial charge on any atom is -0.447 e. The van der Waals surface area contributed by atoms with Crippen LogP contribution in [0, 0.1) is 5.92 Å². The van der Waals surface area contributed by atoms with E-state index >= 15 is 0 Å². The molecule has 0 unspecified atom stereocenters. The van der Waals surface area contributed by atoms with Gasteiger partial charge >= 0.3 is 5.97 Å². The molecule has 2 heterocycles. The SMILES string of the molecule is CCC[C@@H]1O[C@@]2(O[Si](C)(C)C(C)(C)C)OC=C[C@@H]12. The quantitative estimate of drug-likeness (QED) is 0.722. The third-order valence-electron chi connectivity index (χ3n) is 4.42. The predicted molar refractivity (Wildman–Crippen MR) is 74.5 cm³/mol. The zero-order chi connectivity index (χ0) is 13.6. The monoisotopic (exact) mass is 270 g/mol. The van der Waals surface area contributed by atoms with Crippen LogP contribution in [-0.4, -0.2) is 20.4 Å². The van der Waals surface area contributed by atoms with Crippen molar-refractivity contribution in [3.8, 4) is 0 Å². The first-order valence-electron chi connectivity index (χ1n) is 6.94. The summed E-state index contributed by atoms with van der Waals surface area (Å²) < 4.78 is 18.0. The van der Waals surface area contributed by atoms with Gasteiger partial charge in [0, 0.05) is 0 Å². The molecule has 3 atom stereocenters. The van der Waals surface area contributed by atoms with Crippen molar-refractivity contribution in [2.75, 3.05) is 0 Å². The van der Waals surface area contributed by atoms with E-state index in [4.69, 9.17) is 13.9 Å². The summed E-state index contributed by atoms with van der Waals surface area (Å²) in [4.78, 5) is 0. The summed E-state index contributed by atoms with van der Waals surface area (Å²) in [5, 5.41) is 0.164. The Morgan fingerprint density at radius 1 is 1.33 bits per heavy atom. The van der Waals surface area contributed by atoms with Gasteiger partial charge in [-0.05, 0) is 30.6 Å². The lowest BCUT2D eigenvalue weighted by Gasteiger charge is -2.53. The highest BCUT2D eigenvalue weighted by atomic mass is 28.4. The summed E-state index contributed by atoms with van der Waals surface area (Å²) >= 11 is 0. The van der Waals surface area contributed by atoms with E-state index < -0.39 is 14.3 Å². The first kappa shape index (κ1) is 14.1. The molecule has 0 radical (unpaired) electrons. The van der Waals surface area contributed by atoms with Gasteiger partial charge in [0.25, 0.3) is 0 Å². The van der Waals surface area contributed by atoms with Crippen LogP contribution in [0.25, 0.3) is 0 Å². The van der Waals surface area contributed by atoms with Crippen molar-refractivity contribution in [1.82, 2.24) is 0 Å². The molecule has 1 fully saturated rings. The smallest absolute Gasteiger partial charge is 0.326 e. The number of hydrogen-bond donors (Lipinski definition) is 0. The second kappa shape index (κ2) is 4.36. The molecule has 18 heavy (non-hydrogen) atoms. The Hall–Kier alpha value is -0.323. The van der Waals surface area contributed by atoms with Crippen LogP contribution in [0.2, 0.25) is 18.1 Å². The third-order valence-corrected chi connectivity index (χ3v) is 8.83. The third kappa shape index (κ3) is 2.15. The van der Waals surface area contributed by atoms with E-state index in [0.717, 1.165) is 12.8 Å². The van der Waals surface area contributed by atoms with Crippen LogP contribution >= 0.6 is 0 Å². The van der Waals surface area contributed by atoms with Gasteiger partial charge < -0.3 is 13.9 Å². The Kier molecular flexibility index (Phi) is 3.41. The Morgan fingerprint density at radius 2 is 2.00 bits per heavy atom. The average Bonchev–Trinajstić information content (AvgIpc) is 2.50. The second-order valence-electron chi connectivity index (χ2n) is 6.88. The van der Waals surface area contributed by atoms with Crippen molar-refractivity contribution < 1.29 is 13.9 Å². The lowest BCUT2D eigenvalue weighted by Crippen LogP contribution is -2.64. The largest absolute Gasteiger partial charge is 0.447 e. The molecule has 0 aromatic heterocycles. The van der Waals surface area contributed by atoms with Gasteiger partial charge in [0.2, 0.25) is 8.32 Å². The summed E-state index contributed by atoms with van der Waals surface area (Å²) in [6.45, 7) is 13.3. The van der Waals surface area contributed by atoms with E-state index in [1.807, 2.05) is 0 Å². The molecular weight excluding hydrogens is 244 g/mol. The van der Waals surface area contributed by atoms with Crippen molar-refractivity contribution in [2.24, 2.45) is 5.92 Å². The van der Waals surface area contributed by atoms with Crippen molar-refractivity contribution in [2.45, 2.75) is 70.7 Å². The molecule has 0 saturated carbocycles. The topological polar surface area (TPSA) is 27.7 Å². The molecule has 0 bridgehead atoms. The maximum Gasteiger partial charge on any atom is 0.326 e. The molecule has 0 amide bonds. The van der Waals surface area contributed by atoms with Crippen LogP contribution in [0.1, 0.15) is 40.5 Å². The van der Waals surface area contributed by atoms with Gasteiger partial charge in [-0.1, -0.05) is 34.1 Å². The Balaban J connectivity index is 2.07. The molecule has 1 saturated heterocycles. The van der Waals surface area contributed by atoms with Crippen molar-refractivity contribution >= 4 is 8.32 Å². The zero-order valence-electron chi connectivity index (χ0n) is 12.4. The molecule has 2 aliphatic heterocycles. The van der Waals surface area contributed by atoms with Gasteiger partial charge in [0.05, 0.1) is 12.4 Å². The second-order valence-corrected chi connectivity index (χ2v) is 11.6. The maximum atomic E-state index is 6.36. The highest BCUT2D eigenvalue weighted by Gasteiger charge is 2.63. The molecule has 104 valence electrons. The van der Waals surface area contributed by atoms with Crippen LogP contribution in [0.5, 0.6) is 0 Å². The minimum absolute atomic E-state index is 0.164. The standard InChI is InChI=1S/C14H26O3Si/c1-7-8-12-11-9-10-15-14(11,16-12)17-18(5,6)13(2,3)4/h9-12H,7-8H2,1-6H3/t11-,12-,14-/m0/s1. The predicted octanol–water partition coefficient (Wildman–Crippen LogP) is 4.02. The Bertz CT molecular complexity index is 345. The molecule has 0 aromatic carbocycles. The Labute approximate surface area is 112 Å². The van der Waals surface area contributed by atoms with Crippen LogP contribution < -0.4 is 0 Å². The van der Waals surface area contributed by atoms with E-state index in [0.29, 0.717) is 0 Å². The Morgan fingerprint density at radius 3 is 2.56 bits per heavy atom. The summed E-state index contributed by atoms with van der Waals surface area (Å²) in [6.07, 6.45) is 6.30. The van der Waals surface area contributed by atoms with Gasteiger partial charge in [-0.15, -0.1) is 0 Å². The maximum absolute atomic E-state index is 6.36. The van der Waals surface area contributed by atoms with Crippen LogP contribution in [0.15, 0.2) is 12.3 Å². The number of fused-ring (bicyclic) bond motifs is 1. The number of ether oxygens (including phenoxy) is 2. The van der Waals surface area contributed by atoms with E-state index in [1.165, 1.54) is 0 Å². The summed E-state index contributed by atoms with van der Waals surface area (Å²) in [5.41, 5.74) is 0. The van der Waals surface area contributed by atoms with Crippen molar-refractivity contribution in [1.29, 1.82) is 0 Å². The molecule has 2 aliphatic rings. The molecule has 0 aromatic rings. The van der Waals surface area contributed by atoms with Crippen molar-refractivity contribution in [3.05, 3.63) is 12.3 Å². The normalized spacial score (nSPS) is 35.0. The fourth-order valence-corrected chi connectivity index (χ4v) is 3.48. The minimum atomic E-state index is -1.88. The molecule has 0 N–H and O–H groups in total. The molecule has 3 nitrogen and oxygen atoms in total. The van der Waals surface area contributed by atoms with Crippen molar-refractivity contribution in [3.63, 3.8) is 0 Å². The van der Waals surface area contributed by atoms with Gasteiger partial charge in [0.1, 0.15) is 5.92 Å². The lowest BCUT2D eigenvalue weighted by atomic mass is 9.91. The highest BCUT2D eigenvalue weighted by molar-refractivity contribution is 6.74. The van der Waals surface area contributed by atoms with Crippen LogP contribution in [0.4, 0.5) is 0 Å². The molecule has 0 aliphatic carbocycles. The van der Waals surface area contributed by atoms with Gasteiger partial charge in [0.15, 0.2) is 0 Å². The van der Waals surface area contributed by atoms with Gasteiger partial charge in [-0.2, -0.15) is 0 Å². The lowest BCUT2D eigenvalue weighted by molar-refractivity contribution is -0.435. The fourth-order valence-electron chi connectivity index (χ4n) is 2.23. The highest BCUT2D eigenvalue weighted by Crippen LogP contribution is 2.51. The average molecular weight is 270 g/mol. The summed E-state index contributed by atoms with van der Waals surface area (Å²) in [7, 11) is -1.88.